The van der Waals surface area contributed by atoms with Gasteiger partial charge in [0.15, 0.2) is 6.10 Å². The number of nitrogens with one attached hydrogen (secondary N) is 1. The van der Waals surface area contributed by atoms with Crippen molar-refractivity contribution in [1.29, 1.82) is 0 Å². The Hall–Kier alpha value is -3.41. The summed E-state index contributed by atoms with van der Waals surface area (Å²) in [5, 5.41) is 8.44. The Morgan fingerprint density at radius 1 is 1.15 bits per heavy atom. The van der Waals surface area contributed by atoms with Crippen LogP contribution >= 0.6 is 0 Å². The Morgan fingerprint density at radius 3 is 2.65 bits per heavy atom. The molecule has 26 heavy (non-hydrogen) atoms. The fourth-order valence-electron chi connectivity index (χ4n) is 3.03. The van der Waals surface area contributed by atoms with E-state index in [9.17, 15) is 4.79 Å². The molecular weight excluding hydrogens is 330 g/mol. The lowest BCUT2D eigenvalue weighted by Crippen LogP contribution is -2.24. The van der Waals surface area contributed by atoms with Gasteiger partial charge in [0.1, 0.15) is 5.75 Å². The summed E-state index contributed by atoms with van der Waals surface area (Å²) >= 11 is 0. The van der Waals surface area contributed by atoms with Crippen LogP contribution in [0.15, 0.2) is 59.3 Å². The molecule has 0 saturated heterocycles. The average Bonchev–Trinajstić information content (AvgIpc) is 3.29. The maximum absolute atomic E-state index is 12.9. The zero-order valence-corrected chi connectivity index (χ0v) is 14.4. The van der Waals surface area contributed by atoms with Gasteiger partial charge in [-0.3, -0.25) is 4.79 Å². The maximum Gasteiger partial charge on any atom is 0.247 e. The number of aryl methyl sites for hydroxylation is 1. The number of aromatic nitrogens is 3. The molecule has 0 spiro atoms. The van der Waals surface area contributed by atoms with Crippen molar-refractivity contribution in [3.8, 4) is 17.2 Å². The molecule has 0 aliphatic carbocycles. The van der Waals surface area contributed by atoms with Crippen molar-refractivity contribution < 1.29 is 13.9 Å². The van der Waals surface area contributed by atoms with Crippen LogP contribution in [-0.2, 0) is 0 Å². The number of benzene rings is 2. The van der Waals surface area contributed by atoms with Gasteiger partial charge in [-0.15, -0.1) is 10.2 Å². The minimum atomic E-state index is -0.609. The molecule has 6 nitrogen and oxygen atoms in total. The van der Waals surface area contributed by atoms with Crippen molar-refractivity contribution in [3.63, 3.8) is 0 Å². The van der Waals surface area contributed by atoms with Crippen molar-refractivity contribution >= 4 is 16.7 Å². The number of fused-ring (bicyclic) bond motifs is 1. The zero-order chi connectivity index (χ0) is 18.1. The molecule has 2 aromatic carbocycles. The van der Waals surface area contributed by atoms with Crippen LogP contribution in [0, 0.1) is 6.92 Å². The molecule has 0 fully saturated rings. The highest BCUT2D eigenvalue weighted by atomic mass is 16.5. The topological polar surface area (TPSA) is 81.0 Å². The summed E-state index contributed by atoms with van der Waals surface area (Å²) in [5.74, 6) is 0.989. The molecule has 0 radical (unpaired) electrons. The first-order valence-electron chi connectivity index (χ1n) is 8.28. The van der Waals surface area contributed by atoms with Gasteiger partial charge in [-0.25, -0.2) is 0 Å². The quantitative estimate of drug-likeness (QED) is 0.548. The van der Waals surface area contributed by atoms with Crippen LogP contribution in [0.2, 0.25) is 0 Å². The lowest BCUT2D eigenvalue weighted by Gasteiger charge is -2.14. The predicted octanol–water partition coefficient (Wildman–Crippen LogP) is 4.18. The lowest BCUT2D eigenvalue weighted by molar-refractivity contribution is 0.0819. The van der Waals surface area contributed by atoms with E-state index in [1.165, 1.54) is 6.39 Å². The molecule has 2 aromatic heterocycles. The molecule has 0 saturated carbocycles. The van der Waals surface area contributed by atoms with E-state index in [0.717, 1.165) is 22.2 Å². The summed E-state index contributed by atoms with van der Waals surface area (Å²) in [4.78, 5) is 16.2. The van der Waals surface area contributed by atoms with Gasteiger partial charge in [0, 0.05) is 27.7 Å². The van der Waals surface area contributed by atoms with Gasteiger partial charge in [0.05, 0.1) is 0 Å². The Bertz CT molecular complexity index is 1050. The average molecular weight is 347 g/mol. The van der Waals surface area contributed by atoms with Gasteiger partial charge >= 0.3 is 0 Å². The number of rotatable bonds is 5. The second-order valence-electron chi connectivity index (χ2n) is 6.06. The van der Waals surface area contributed by atoms with E-state index in [1.807, 2.05) is 43.3 Å². The van der Waals surface area contributed by atoms with Gasteiger partial charge in [-0.2, -0.15) is 0 Å². The minimum Gasteiger partial charge on any atom is -0.483 e. The Kier molecular flexibility index (Phi) is 4.01. The number of nitrogens with zero attached hydrogens (tertiary/aromatic N) is 2. The molecule has 2 heterocycles. The minimum absolute atomic E-state index is 0.0547. The molecule has 4 aromatic rings. The van der Waals surface area contributed by atoms with Crippen molar-refractivity contribution in [2.24, 2.45) is 0 Å². The number of carbonyl (C=O) groups is 1. The normalized spacial score (nSPS) is 12.2. The fraction of sp³-hybridized carbons (Fsp3) is 0.150. The number of aromatic amines is 1. The van der Waals surface area contributed by atoms with Crippen LogP contribution in [0.3, 0.4) is 0 Å². The summed E-state index contributed by atoms with van der Waals surface area (Å²) in [5.41, 5.74) is 3.26. The molecule has 0 amide bonds. The SMILES string of the molecule is Cc1[nH]c2ccccc2c1C(=O)C(C)Oc1ccc(-c2nnco2)cc1. The summed E-state index contributed by atoms with van der Waals surface area (Å²) in [6.45, 7) is 3.66. The zero-order valence-electron chi connectivity index (χ0n) is 14.4. The number of Topliss-reactive ketones (excluding diaryl/α,β-unsaturated/α-hetero) is 1. The molecule has 0 aliphatic heterocycles. The van der Waals surface area contributed by atoms with E-state index >= 15 is 0 Å². The Morgan fingerprint density at radius 2 is 1.92 bits per heavy atom. The Labute approximate surface area is 149 Å². The molecule has 1 atom stereocenters. The summed E-state index contributed by atoms with van der Waals surface area (Å²) < 4.78 is 11.0. The van der Waals surface area contributed by atoms with Gasteiger partial charge in [-0.05, 0) is 44.2 Å². The van der Waals surface area contributed by atoms with Crippen molar-refractivity contribution in [2.75, 3.05) is 0 Å². The summed E-state index contributed by atoms with van der Waals surface area (Å²) in [7, 11) is 0. The first-order chi connectivity index (χ1) is 12.6. The van der Waals surface area contributed by atoms with Crippen LogP contribution in [-0.4, -0.2) is 27.1 Å². The number of hydrogen-bond donors (Lipinski definition) is 1. The van der Waals surface area contributed by atoms with Crippen LogP contribution < -0.4 is 4.74 Å². The highest BCUT2D eigenvalue weighted by molar-refractivity contribution is 6.11. The fourth-order valence-corrected chi connectivity index (χ4v) is 3.03. The van der Waals surface area contributed by atoms with Gasteiger partial charge in [0.25, 0.3) is 0 Å². The number of H-pyrrole nitrogens is 1. The molecule has 1 N–H and O–H groups in total. The number of carbonyl (C=O) groups excluding carboxylic acids is 1. The van der Waals surface area contributed by atoms with E-state index in [4.69, 9.17) is 9.15 Å². The first kappa shape index (κ1) is 16.1. The standard InChI is InChI=1S/C20H17N3O3/c1-12-18(16-5-3-4-6-17(16)22-12)19(24)13(2)26-15-9-7-14(8-10-15)20-23-21-11-25-20/h3-11,13,22H,1-2H3. The van der Waals surface area contributed by atoms with E-state index in [1.54, 1.807) is 19.1 Å². The molecule has 1 unspecified atom stereocenters. The van der Waals surface area contributed by atoms with Crippen LogP contribution in [0.1, 0.15) is 23.0 Å². The number of hydrogen-bond acceptors (Lipinski definition) is 5. The number of para-hydroxylation sites is 1. The van der Waals surface area contributed by atoms with Crippen molar-refractivity contribution in [1.82, 2.24) is 15.2 Å². The molecule has 4 rings (SSSR count). The van der Waals surface area contributed by atoms with E-state index < -0.39 is 6.10 Å². The maximum atomic E-state index is 12.9. The smallest absolute Gasteiger partial charge is 0.247 e. The second-order valence-corrected chi connectivity index (χ2v) is 6.06. The molecule has 0 bridgehead atoms. The molecular formula is C20H17N3O3. The third-order valence-electron chi connectivity index (χ3n) is 4.28. The third kappa shape index (κ3) is 2.86. The molecule has 0 aliphatic rings. The first-order valence-corrected chi connectivity index (χ1v) is 8.28. The van der Waals surface area contributed by atoms with E-state index in [2.05, 4.69) is 15.2 Å². The van der Waals surface area contributed by atoms with Crippen molar-refractivity contribution in [2.45, 2.75) is 20.0 Å². The van der Waals surface area contributed by atoms with E-state index in [-0.39, 0.29) is 5.78 Å². The van der Waals surface area contributed by atoms with Crippen LogP contribution in [0.4, 0.5) is 0 Å². The summed E-state index contributed by atoms with van der Waals surface area (Å²) in [6.07, 6.45) is 0.673. The monoisotopic (exact) mass is 347 g/mol. The predicted molar refractivity (Wildman–Crippen MR) is 97.2 cm³/mol. The van der Waals surface area contributed by atoms with Crippen molar-refractivity contribution in [3.05, 3.63) is 66.2 Å². The van der Waals surface area contributed by atoms with Gasteiger partial charge in [-0.1, -0.05) is 18.2 Å². The Balaban J connectivity index is 1.55. The summed E-state index contributed by atoms with van der Waals surface area (Å²) in [6, 6.07) is 15.0. The highest BCUT2D eigenvalue weighted by Crippen LogP contribution is 2.25. The highest BCUT2D eigenvalue weighted by Gasteiger charge is 2.22. The molecule has 130 valence electrons. The van der Waals surface area contributed by atoms with E-state index in [0.29, 0.717) is 17.2 Å². The second kappa shape index (κ2) is 6.48. The molecule has 6 heteroatoms. The third-order valence-corrected chi connectivity index (χ3v) is 4.28. The largest absolute Gasteiger partial charge is 0.483 e. The van der Waals surface area contributed by atoms with Gasteiger partial charge in [0.2, 0.25) is 18.1 Å². The number of ketones is 1. The van der Waals surface area contributed by atoms with Crippen LogP contribution in [0.5, 0.6) is 5.75 Å². The number of ether oxygens (including phenoxy) is 1. The van der Waals surface area contributed by atoms with Gasteiger partial charge < -0.3 is 14.1 Å². The lowest BCUT2D eigenvalue weighted by atomic mass is 10.0. The van der Waals surface area contributed by atoms with Crippen LogP contribution in [0.25, 0.3) is 22.4 Å².